The Bertz CT molecular complexity index is 600. The second-order valence-electron chi connectivity index (χ2n) is 4.51. The molecule has 100 valence electrons. The first-order valence-corrected chi connectivity index (χ1v) is 6.54. The van der Waals surface area contributed by atoms with Crippen LogP contribution in [0.4, 0.5) is 5.69 Å². The van der Waals surface area contributed by atoms with E-state index < -0.39 is 0 Å². The lowest BCUT2D eigenvalue weighted by Crippen LogP contribution is -2.36. The molecule has 3 heterocycles. The van der Waals surface area contributed by atoms with Crippen LogP contribution in [0.15, 0.2) is 22.7 Å². The van der Waals surface area contributed by atoms with Gasteiger partial charge in [0.2, 0.25) is 5.71 Å². The molecule has 1 saturated heterocycles. The summed E-state index contributed by atoms with van der Waals surface area (Å²) < 4.78 is 11.0. The maximum Gasteiger partial charge on any atom is 0.229 e. The summed E-state index contributed by atoms with van der Waals surface area (Å²) in [6.07, 6.45) is 2.10. The number of rotatable bonds is 3. The third kappa shape index (κ3) is 2.10. The molecule has 0 N–H and O–H groups in total. The van der Waals surface area contributed by atoms with Crippen LogP contribution in [0.3, 0.4) is 0 Å². The fraction of sp³-hybridized carbons (Fsp3) is 0.429. The Hall–Kier alpha value is -1.88. The van der Waals surface area contributed by atoms with Crippen molar-refractivity contribution in [2.24, 2.45) is 0 Å². The number of Topliss-reactive ketones (excluding diaryl/α,β-unsaturated/α-hetero) is 1. The molecule has 1 fully saturated rings. The van der Waals surface area contributed by atoms with Gasteiger partial charge in [0, 0.05) is 25.7 Å². The summed E-state index contributed by atoms with van der Waals surface area (Å²) in [5, 5.41) is 0.904. The summed E-state index contributed by atoms with van der Waals surface area (Å²) in [6.45, 7) is 4.73. The summed E-state index contributed by atoms with van der Waals surface area (Å²) in [4.78, 5) is 18.4. The fourth-order valence-electron chi connectivity index (χ4n) is 2.37. The van der Waals surface area contributed by atoms with Crippen molar-refractivity contribution in [1.29, 1.82) is 0 Å². The molecule has 0 saturated carbocycles. The summed E-state index contributed by atoms with van der Waals surface area (Å²) in [7, 11) is 0. The number of furan rings is 1. The number of carbonyl (C=O) groups is 1. The third-order valence-corrected chi connectivity index (χ3v) is 3.34. The molecule has 0 radical (unpaired) electrons. The van der Waals surface area contributed by atoms with Crippen LogP contribution in [0.2, 0.25) is 0 Å². The van der Waals surface area contributed by atoms with Gasteiger partial charge in [-0.15, -0.1) is 0 Å². The van der Waals surface area contributed by atoms with Crippen LogP contribution < -0.4 is 4.90 Å². The van der Waals surface area contributed by atoms with E-state index in [0.717, 1.165) is 24.2 Å². The number of fused-ring (bicyclic) bond motifs is 1. The number of pyridine rings is 1. The Morgan fingerprint density at radius 1 is 1.42 bits per heavy atom. The van der Waals surface area contributed by atoms with Gasteiger partial charge in [0.25, 0.3) is 0 Å². The minimum atomic E-state index is 0.0134. The number of nitrogens with zero attached hydrogens (tertiary/aromatic N) is 2. The molecule has 0 bridgehead atoms. The van der Waals surface area contributed by atoms with Crippen molar-refractivity contribution < 1.29 is 13.9 Å². The maximum absolute atomic E-state index is 12.1. The predicted molar refractivity (Wildman–Crippen MR) is 71.7 cm³/mol. The van der Waals surface area contributed by atoms with Gasteiger partial charge in [-0.1, -0.05) is 6.92 Å². The Kier molecular flexibility index (Phi) is 3.21. The quantitative estimate of drug-likeness (QED) is 0.792. The molecular formula is C14H16N2O3. The molecule has 1 aliphatic rings. The van der Waals surface area contributed by atoms with E-state index in [2.05, 4.69) is 9.88 Å². The highest BCUT2D eigenvalue weighted by Crippen LogP contribution is 2.34. The number of hydrogen-bond acceptors (Lipinski definition) is 5. The first-order valence-electron chi connectivity index (χ1n) is 6.54. The van der Waals surface area contributed by atoms with E-state index in [9.17, 15) is 4.79 Å². The van der Waals surface area contributed by atoms with Crippen LogP contribution >= 0.6 is 0 Å². The second kappa shape index (κ2) is 5.01. The number of anilines is 1. The molecule has 0 amide bonds. The number of ketones is 1. The number of hydrogen-bond donors (Lipinski definition) is 0. The van der Waals surface area contributed by atoms with Crippen LogP contribution in [0, 0.1) is 0 Å². The van der Waals surface area contributed by atoms with Gasteiger partial charge < -0.3 is 14.1 Å². The van der Waals surface area contributed by atoms with Gasteiger partial charge in [-0.05, 0) is 12.1 Å². The van der Waals surface area contributed by atoms with Gasteiger partial charge >= 0.3 is 0 Å². The summed E-state index contributed by atoms with van der Waals surface area (Å²) in [5.41, 5.74) is 1.40. The normalized spacial score (nSPS) is 15.9. The van der Waals surface area contributed by atoms with Gasteiger partial charge in [0.05, 0.1) is 24.3 Å². The van der Waals surface area contributed by atoms with E-state index in [-0.39, 0.29) is 5.78 Å². The highest BCUT2D eigenvalue weighted by Gasteiger charge is 2.25. The lowest BCUT2D eigenvalue weighted by Gasteiger charge is -2.28. The van der Waals surface area contributed by atoms with E-state index in [1.165, 1.54) is 0 Å². The van der Waals surface area contributed by atoms with Gasteiger partial charge in [0.15, 0.2) is 11.5 Å². The fourth-order valence-corrected chi connectivity index (χ4v) is 2.37. The zero-order valence-corrected chi connectivity index (χ0v) is 10.9. The molecule has 0 atom stereocenters. The van der Waals surface area contributed by atoms with Crippen molar-refractivity contribution in [1.82, 2.24) is 4.98 Å². The zero-order chi connectivity index (χ0) is 13.2. The summed E-state index contributed by atoms with van der Waals surface area (Å²) in [5.74, 6) is 0.442. The van der Waals surface area contributed by atoms with Gasteiger partial charge in [0.1, 0.15) is 0 Å². The largest absolute Gasteiger partial charge is 0.432 e. The highest BCUT2D eigenvalue weighted by molar-refractivity contribution is 6.06. The van der Waals surface area contributed by atoms with Crippen molar-refractivity contribution in [3.05, 3.63) is 24.1 Å². The van der Waals surface area contributed by atoms with Crippen molar-refractivity contribution in [2.45, 2.75) is 13.3 Å². The monoisotopic (exact) mass is 260 g/mol. The van der Waals surface area contributed by atoms with Crippen LogP contribution in [0.5, 0.6) is 0 Å². The Labute approximate surface area is 111 Å². The first kappa shape index (κ1) is 12.2. The lowest BCUT2D eigenvalue weighted by atomic mass is 10.1. The van der Waals surface area contributed by atoms with E-state index in [1.54, 1.807) is 6.20 Å². The molecule has 1 aliphatic heterocycles. The number of morpholine rings is 1. The molecule has 0 aliphatic carbocycles. The highest BCUT2D eigenvalue weighted by atomic mass is 16.5. The predicted octanol–water partition coefficient (Wildman–Crippen LogP) is 2.26. The summed E-state index contributed by atoms with van der Waals surface area (Å²) in [6, 6.07) is 3.81. The SMILES string of the molecule is CCC(=O)c1oc2ncccc2c1N1CCOCC1. The minimum absolute atomic E-state index is 0.0134. The lowest BCUT2D eigenvalue weighted by molar-refractivity contribution is 0.0961. The molecule has 19 heavy (non-hydrogen) atoms. The van der Waals surface area contributed by atoms with E-state index in [4.69, 9.17) is 9.15 Å². The Balaban J connectivity index is 2.15. The zero-order valence-electron chi connectivity index (χ0n) is 10.9. The standard InChI is InChI=1S/C14H16N2O3/c1-2-11(17)13-12(16-6-8-18-9-7-16)10-4-3-5-15-14(10)19-13/h3-5H,2,6-9H2,1H3. The number of ether oxygens (including phenoxy) is 1. The molecule has 5 heteroatoms. The smallest absolute Gasteiger partial charge is 0.229 e. The van der Waals surface area contributed by atoms with Crippen molar-refractivity contribution >= 4 is 22.6 Å². The summed E-state index contributed by atoms with van der Waals surface area (Å²) >= 11 is 0. The molecule has 0 unspecified atom stereocenters. The van der Waals surface area contributed by atoms with Gasteiger partial charge in [-0.2, -0.15) is 0 Å². The minimum Gasteiger partial charge on any atom is -0.432 e. The molecule has 0 spiro atoms. The molecule has 2 aromatic heterocycles. The molecule has 5 nitrogen and oxygen atoms in total. The van der Waals surface area contributed by atoms with E-state index in [0.29, 0.717) is 31.1 Å². The second-order valence-corrected chi connectivity index (χ2v) is 4.51. The first-order chi connectivity index (χ1) is 9.31. The Morgan fingerprint density at radius 2 is 2.21 bits per heavy atom. The number of carbonyl (C=O) groups excluding carboxylic acids is 1. The van der Waals surface area contributed by atoms with Crippen molar-refractivity contribution in [3.63, 3.8) is 0 Å². The van der Waals surface area contributed by atoms with Crippen LogP contribution in [-0.4, -0.2) is 37.1 Å². The van der Waals surface area contributed by atoms with E-state index >= 15 is 0 Å². The van der Waals surface area contributed by atoms with Crippen molar-refractivity contribution in [3.8, 4) is 0 Å². The van der Waals surface area contributed by atoms with Crippen LogP contribution in [0.1, 0.15) is 23.9 Å². The van der Waals surface area contributed by atoms with Gasteiger partial charge in [-0.25, -0.2) is 4.98 Å². The molecule has 0 aromatic carbocycles. The maximum atomic E-state index is 12.1. The topological polar surface area (TPSA) is 55.6 Å². The van der Waals surface area contributed by atoms with E-state index in [1.807, 2.05) is 19.1 Å². The van der Waals surface area contributed by atoms with Crippen molar-refractivity contribution in [2.75, 3.05) is 31.2 Å². The molecule has 3 rings (SSSR count). The number of aromatic nitrogens is 1. The average molecular weight is 260 g/mol. The van der Waals surface area contributed by atoms with Crippen LogP contribution in [-0.2, 0) is 4.74 Å². The average Bonchev–Trinajstić information content (AvgIpc) is 2.86. The van der Waals surface area contributed by atoms with Crippen LogP contribution in [0.25, 0.3) is 11.1 Å². The van der Waals surface area contributed by atoms with Gasteiger partial charge in [-0.3, -0.25) is 4.79 Å². The molecular weight excluding hydrogens is 244 g/mol. The third-order valence-electron chi connectivity index (χ3n) is 3.34. The molecule has 2 aromatic rings. The Morgan fingerprint density at radius 3 is 2.95 bits per heavy atom.